The number of aryl methyl sites for hydroxylation is 1. The average molecular weight is 496 g/mol. The third kappa shape index (κ3) is 5.99. The molecule has 12 heteroatoms. The number of aliphatic carboxylic acids is 1. The van der Waals surface area contributed by atoms with Crippen molar-refractivity contribution in [3.05, 3.63) is 47.8 Å². The summed E-state index contributed by atoms with van der Waals surface area (Å²) in [4.78, 5) is 39.2. The lowest BCUT2D eigenvalue weighted by molar-refractivity contribution is -0.192. The van der Waals surface area contributed by atoms with Crippen LogP contribution in [0.15, 0.2) is 36.4 Å². The summed E-state index contributed by atoms with van der Waals surface area (Å²) in [5.74, 6) is -2.75. The van der Waals surface area contributed by atoms with E-state index in [0.29, 0.717) is 25.2 Å². The zero-order chi connectivity index (χ0) is 25.8. The van der Waals surface area contributed by atoms with Crippen molar-refractivity contribution in [2.45, 2.75) is 38.4 Å². The van der Waals surface area contributed by atoms with Gasteiger partial charge in [-0.1, -0.05) is 18.2 Å². The van der Waals surface area contributed by atoms with Crippen LogP contribution in [0.2, 0.25) is 0 Å². The molecule has 2 aliphatic heterocycles. The quantitative estimate of drug-likeness (QED) is 0.603. The minimum atomic E-state index is -5.08. The fourth-order valence-electron chi connectivity index (χ4n) is 4.68. The fourth-order valence-corrected chi connectivity index (χ4v) is 4.68. The number of fused-ring (bicyclic) bond motifs is 1. The van der Waals surface area contributed by atoms with Crippen LogP contribution in [0.4, 0.5) is 18.9 Å². The molecule has 0 aliphatic carbocycles. The van der Waals surface area contributed by atoms with E-state index in [1.165, 1.54) is 0 Å². The molecule has 2 aliphatic rings. The molecule has 3 heterocycles. The number of carboxylic acids is 1. The molecule has 2 saturated heterocycles. The molecule has 0 radical (unpaired) electrons. The Kier molecular flexibility index (Phi) is 7.83. The fraction of sp³-hybridized carbons (Fsp3) is 0.478. The van der Waals surface area contributed by atoms with Crippen LogP contribution in [0.25, 0.3) is 0 Å². The van der Waals surface area contributed by atoms with Gasteiger partial charge in [-0.3, -0.25) is 14.7 Å². The normalized spacial score (nSPS) is 22.4. The summed E-state index contributed by atoms with van der Waals surface area (Å²) in [6.45, 7) is 3.99. The number of carbonyl (C=O) groups excluding carboxylic acids is 2. The number of hydrogen-bond donors (Lipinski definition) is 3. The van der Waals surface area contributed by atoms with E-state index >= 15 is 0 Å². The summed E-state index contributed by atoms with van der Waals surface area (Å²) in [6.07, 6.45) is -2.82. The number of nitrogens with zero attached hydrogens (tertiary/aromatic N) is 3. The van der Waals surface area contributed by atoms with Crippen LogP contribution >= 0.6 is 0 Å². The molecule has 2 fully saturated rings. The Morgan fingerprint density at radius 3 is 2.34 bits per heavy atom. The van der Waals surface area contributed by atoms with Gasteiger partial charge < -0.3 is 20.2 Å². The van der Waals surface area contributed by atoms with Crippen molar-refractivity contribution in [2.24, 2.45) is 5.41 Å². The number of H-pyrrole nitrogens is 1. The number of nitrogens with one attached hydrogen (secondary N) is 2. The summed E-state index contributed by atoms with van der Waals surface area (Å²) in [6, 6.07) is 11.5. The summed E-state index contributed by atoms with van der Waals surface area (Å²) < 4.78 is 31.7. The molecule has 190 valence electrons. The third-order valence-corrected chi connectivity index (χ3v) is 6.52. The SMILES string of the molecule is Cc1cc(C(=O)N2CC[C@H]3N(C)CC[C@@]3(C(=O)Nc3ccccc3)CC2)n[nH]1.O=C(O)C(F)(F)F. The first kappa shape index (κ1) is 26.2. The van der Waals surface area contributed by atoms with Crippen molar-refractivity contribution in [1.29, 1.82) is 0 Å². The largest absolute Gasteiger partial charge is 0.490 e. The molecule has 2 aromatic rings. The van der Waals surface area contributed by atoms with Gasteiger partial charge in [-0.2, -0.15) is 18.3 Å². The molecular formula is C23H28F3N5O4. The Morgan fingerprint density at radius 1 is 1.14 bits per heavy atom. The number of aromatic amines is 1. The second-order valence-corrected chi connectivity index (χ2v) is 8.79. The van der Waals surface area contributed by atoms with Crippen molar-refractivity contribution in [3.8, 4) is 0 Å². The van der Waals surface area contributed by atoms with E-state index < -0.39 is 17.6 Å². The van der Waals surface area contributed by atoms with Crippen LogP contribution in [0.3, 0.4) is 0 Å². The van der Waals surface area contributed by atoms with Gasteiger partial charge in [0.1, 0.15) is 5.69 Å². The molecule has 1 aromatic carbocycles. The maximum Gasteiger partial charge on any atom is 0.490 e. The summed E-state index contributed by atoms with van der Waals surface area (Å²) in [5.41, 5.74) is 1.66. The van der Waals surface area contributed by atoms with E-state index in [4.69, 9.17) is 9.90 Å². The van der Waals surface area contributed by atoms with Gasteiger partial charge in [0.2, 0.25) is 5.91 Å². The maximum absolute atomic E-state index is 13.4. The number of likely N-dealkylation sites (tertiary alicyclic amines) is 2. The Bertz CT molecular complexity index is 1060. The highest BCUT2D eigenvalue weighted by molar-refractivity contribution is 5.96. The predicted octanol–water partition coefficient (Wildman–Crippen LogP) is 2.92. The number of amides is 2. The maximum atomic E-state index is 13.4. The molecule has 3 N–H and O–H groups in total. The number of benzene rings is 1. The number of halogens is 3. The lowest BCUT2D eigenvalue weighted by atomic mass is 9.75. The van der Waals surface area contributed by atoms with Crippen LogP contribution in [-0.4, -0.2) is 81.8 Å². The second kappa shape index (κ2) is 10.5. The number of carbonyl (C=O) groups is 3. The first-order valence-corrected chi connectivity index (χ1v) is 11.1. The number of alkyl halides is 3. The highest BCUT2D eigenvalue weighted by atomic mass is 19.4. The monoisotopic (exact) mass is 495 g/mol. The number of carboxylic acid groups (broad SMARTS) is 1. The van der Waals surface area contributed by atoms with Crippen LogP contribution < -0.4 is 5.32 Å². The van der Waals surface area contributed by atoms with Crippen molar-refractivity contribution in [3.63, 3.8) is 0 Å². The van der Waals surface area contributed by atoms with E-state index in [2.05, 4.69) is 27.5 Å². The van der Waals surface area contributed by atoms with Crippen LogP contribution in [0.5, 0.6) is 0 Å². The van der Waals surface area contributed by atoms with Crippen LogP contribution in [0, 0.1) is 12.3 Å². The molecule has 1 aromatic heterocycles. The topological polar surface area (TPSA) is 119 Å². The van der Waals surface area contributed by atoms with Gasteiger partial charge in [-0.05, 0) is 58.0 Å². The Hall–Kier alpha value is -3.41. The van der Waals surface area contributed by atoms with E-state index in [0.717, 1.165) is 30.8 Å². The number of para-hydroxylation sites is 1. The van der Waals surface area contributed by atoms with Gasteiger partial charge in [0.25, 0.3) is 5.91 Å². The van der Waals surface area contributed by atoms with Gasteiger partial charge in [0, 0.05) is 30.5 Å². The smallest absolute Gasteiger partial charge is 0.475 e. The van der Waals surface area contributed by atoms with E-state index in [1.807, 2.05) is 42.2 Å². The molecule has 0 saturated carbocycles. The third-order valence-electron chi connectivity index (χ3n) is 6.52. The Morgan fingerprint density at radius 2 is 1.77 bits per heavy atom. The molecule has 9 nitrogen and oxygen atoms in total. The lowest BCUT2D eigenvalue weighted by Crippen LogP contribution is -2.46. The van der Waals surface area contributed by atoms with E-state index in [1.54, 1.807) is 6.07 Å². The zero-order valence-corrected chi connectivity index (χ0v) is 19.4. The first-order chi connectivity index (χ1) is 16.4. The lowest BCUT2D eigenvalue weighted by Gasteiger charge is -2.34. The van der Waals surface area contributed by atoms with Crippen molar-refractivity contribution in [1.82, 2.24) is 20.0 Å². The second-order valence-electron chi connectivity index (χ2n) is 8.79. The van der Waals surface area contributed by atoms with Gasteiger partial charge in [-0.25, -0.2) is 4.79 Å². The van der Waals surface area contributed by atoms with Crippen molar-refractivity contribution in [2.75, 3.05) is 32.0 Å². The standard InChI is InChI=1S/C21H27N5O2.C2HF3O2/c1-15-14-17(24-23-15)19(27)26-11-8-18-21(10-13-26,9-12-25(18)2)20(28)22-16-6-4-3-5-7-16;3-2(4,5)1(6)7/h3-7,14,18H,8-13H2,1-2H3,(H,22,28)(H,23,24);(H,6,7)/t18-,21-;/m1./s1. The van der Waals surface area contributed by atoms with Crippen LogP contribution in [-0.2, 0) is 9.59 Å². The summed E-state index contributed by atoms with van der Waals surface area (Å²) in [7, 11) is 2.08. The van der Waals surface area contributed by atoms with Gasteiger partial charge in [-0.15, -0.1) is 0 Å². The first-order valence-electron chi connectivity index (χ1n) is 11.1. The zero-order valence-electron chi connectivity index (χ0n) is 19.4. The van der Waals surface area contributed by atoms with E-state index in [-0.39, 0.29) is 17.9 Å². The molecular weight excluding hydrogens is 467 g/mol. The number of anilines is 1. The molecule has 35 heavy (non-hydrogen) atoms. The van der Waals surface area contributed by atoms with Crippen LogP contribution in [0.1, 0.15) is 35.4 Å². The predicted molar refractivity (Wildman–Crippen MR) is 121 cm³/mol. The van der Waals surface area contributed by atoms with Gasteiger partial charge >= 0.3 is 12.1 Å². The highest BCUT2D eigenvalue weighted by Gasteiger charge is 2.52. The summed E-state index contributed by atoms with van der Waals surface area (Å²) >= 11 is 0. The van der Waals surface area contributed by atoms with Gasteiger partial charge in [0.05, 0.1) is 5.41 Å². The minimum Gasteiger partial charge on any atom is -0.475 e. The molecule has 2 amide bonds. The minimum absolute atomic E-state index is 0.0643. The summed E-state index contributed by atoms with van der Waals surface area (Å²) in [5, 5.41) is 17.2. The molecule has 0 unspecified atom stereocenters. The highest BCUT2D eigenvalue weighted by Crippen LogP contribution is 2.44. The number of rotatable bonds is 3. The van der Waals surface area contributed by atoms with Gasteiger partial charge in [0.15, 0.2) is 0 Å². The van der Waals surface area contributed by atoms with Crippen molar-refractivity contribution >= 4 is 23.5 Å². The van der Waals surface area contributed by atoms with E-state index in [9.17, 15) is 22.8 Å². The molecule has 4 rings (SSSR count). The Labute approximate surface area is 200 Å². The molecule has 0 spiro atoms. The number of hydrogen-bond acceptors (Lipinski definition) is 5. The number of aromatic nitrogens is 2. The van der Waals surface area contributed by atoms with Crippen molar-refractivity contribution < 1.29 is 32.7 Å². The molecule has 2 atom stereocenters. The Balaban J connectivity index is 0.000000429. The molecule has 0 bridgehead atoms. The average Bonchev–Trinajstić information content (AvgIpc) is 3.31.